The van der Waals surface area contributed by atoms with Crippen molar-refractivity contribution in [1.82, 2.24) is 0 Å². The minimum absolute atomic E-state index is 0.0787. The standard InChI is InChI=1S/C77H134O6/c1-4-7-10-13-16-19-22-25-28-31-33-34-35-36-37-38-39-40-41-42-44-46-49-52-55-58-61-64-67-70-76(79)82-73-74(72-81-75(78)69-66-63-60-57-54-51-48-45-30-27-24-21-18-15-12-9-6-3)83-77(80)71-68-65-62-59-56-53-50-47-43-32-29-26-23-20-17-14-11-8-5-2/h7-8,10-11,16-17,19-20,25-26,28-29,33-34,43,47,74H,4-6,9,12-15,18,21-24,27,30-32,35-42,44-46,48-73H2,1-3H3/b10-7-,11-8-,19-16-,20-17-,28-25-,29-26-,34-33-,47-43-. The summed E-state index contributed by atoms with van der Waals surface area (Å²) in [4.78, 5) is 38.5. The average molecular weight is 1160 g/mol. The Morgan fingerprint density at radius 3 is 0.735 bits per heavy atom. The molecule has 1 atom stereocenters. The monoisotopic (exact) mass is 1160 g/mol. The molecule has 0 rings (SSSR count). The zero-order chi connectivity index (χ0) is 59.9. The van der Waals surface area contributed by atoms with E-state index in [1.165, 1.54) is 193 Å². The lowest BCUT2D eigenvalue weighted by Gasteiger charge is -2.18. The number of carbonyl (C=O) groups excluding carboxylic acids is 3. The van der Waals surface area contributed by atoms with E-state index >= 15 is 0 Å². The Morgan fingerprint density at radius 2 is 0.470 bits per heavy atom. The van der Waals surface area contributed by atoms with Crippen LogP contribution in [0.5, 0.6) is 0 Å². The number of hydrogen-bond acceptors (Lipinski definition) is 6. The molecule has 0 aromatic heterocycles. The van der Waals surface area contributed by atoms with Gasteiger partial charge in [0.1, 0.15) is 13.2 Å². The summed E-state index contributed by atoms with van der Waals surface area (Å²) < 4.78 is 17.0. The number of ether oxygens (including phenoxy) is 3. The molecule has 0 saturated carbocycles. The van der Waals surface area contributed by atoms with Gasteiger partial charge in [-0.15, -0.1) is 0 Å². The van der Waals surface area contributed by atoms with E-state index in [-0.39, 0.29) is 31.1 Å². The third kappa shape index (κ3) is 69.0. The lowest BCUT2D eigenvalue weighted by atomic mass is 10.0. The van der Waals surface area contributed by atoms with Crippen molar-refractivity contribution in [3.63, 3.8) is 0 Å². The summed E-state index contributed by atoms with van der Waals surface area (Å²) in [6.45, 7) is 6.46. The van der Waals surface area contributed by atoms with E-state index in [4.69, 9.17) is 14.2 Å². The maximum absolute atomic E-state index is 13.0. The fraction of sp³-hybridized carbons (Fsp3) is 0.753. The van der Waals surface area contributed by atoms with Gasteiger partial charge < -0.3 is 14.2 Å². The van der Waals surface area contributed by atoms with Gasteiger partial charge in [0.15, 0.2) is 6.10 Å². The molecule has 83 heavy (non-hydrogen) atoms. The number of rotatable bonds is 65. The number of unbranched alkanes of at least 4 members (excludes halogenated alkanes) is 38. The summed E-state index contributed by atoms with van der Waals surface area (Å²) in [7, 11) is 0. The first kappa shape index (κ1) is 79.3. The number of esters is 3. The molecule has 0 heterocycles. The molecule has 0 radical (unpaired) electrons. The Morgan fingerprint density at radius 1 is 0.253 bits per heavy atom. The normalized spacial score (nSPS) is 12.7. The second-order valence-electron chi connectivity index (χ2n) is 23.7. The van der Waals surface area contributed by atoms with Gasteiger partial charge in [0.2, 0.25) is 0 Å². The molecule has 0 aromatic carbocycles. The van der Waals surface area contributed by atoms with E-state index in [2.05, 4.69) is 118 Å². The van der Waals surface area contributed by atoms with Gasteiger partial charge >= 0.3 is 17.9 Å². The first-order valence-electron chi connectivity index (χ1n) is 35.7. The van der Waals surface area contributed by atoms with Crippen LogP contribution in [0.25, 0.3) is 0 Å². The van der Waals surface area contributed by atoms with Gasteiger partial charge in [0.25, 0.3) is 0 Å². The second kappa shape index (κ2) is 70.8. The van der Waals surface area contributed by atoms with Crippen LogP contribution in [0, 0.1) is 0 Å². The summed E-state index contributed by atoms with van der Waals surface area (Å²) in [6, 6.07) is 0. The Hall–Kier alpha value is -3.67. The van der Waals surface area contributed by atoms with Gasteiger partial charge in [-0.3, -0.25) is 14.4 Å². The number of allylic oxidation sites excluding steroid dienone is 16. The van der Waals surface area contributed by atoms with Crippen molar-refractivity contribution in [2.24, 2.45) is 0 Å². The SMILES string of the molecule is CC/C=C\C/C=C\C/C=C\C/C=C\CCCCCCCCCCCCCCCCCCC(=O)OCC(COC(=O)CCCCCCCCCCCCCCCCCCC)OC(=O)CCCCCCCC/C=C\C/C=C\C/C=C\C/C=C\CC. The van der Waals surface area contributed by atoms with Gasteiger partial charge in [-0.1, -0.05) is 336 Å². The molecule has 0 saturated heterocycles. The lowest BCUT2D eigenvalue weighted by molar-refractivity contribution is -0.167. The Labute approximate surface area is 515 Å². The summed E-state index contributed by atoms with van der Waals surface area (Å²) in [5, 5.41) is 0. The van der Waals surface area contributed by atoms with E-state index in [1.54, 1.807) is 0 Å². The maximum atomic E-state index is 13.0. The van der Waals surface area contributed by atoms with Crippen molar-refractivity contribution in [3.8, 4) is 0 Å². The minimum Gasteiger partial charge on any atom is -0.462 e. The van der Waals surface area contributed by atoms with E-state index in [0.717, 1.165) is 122 Å². The average Bonchev–Trinajstić information content (AvgIpc) is 3.49. The van der Waals surface area contributed by atoms with Gasteiger partial charge in [0, 0.05) is 19.3 Å². The molecule has 0 spiro atoms. The van der Waals surface area contributed by atoms with E-state index in [0.29, 0.717) is 19.3 Å². The summed E-state index contributed by atoms with van der Waals surface area (Å²) in [5.41, 5.74) is 0. The third-order valence-electron chi connectivity index (χ3n) is 15.6. The van der Waals surface area contributed by atoms with Crippen LogP contribution in [-0.2, 0) is 28.6 Å². The highest BCUT2D eigenvalue weighted by atomic mass is 16.6. The van der Waals surface area contributed by atoms with Crippen molar-refractivity contribution in [3.05, 3.63) is 97.2 Å². The predicted octanol–water partition coefficient (Wildman–Crippen LogP) is 24.8. The van der Waals surface area contributed by atoms with Crippen LogP contribution in [0.2, 0.25) is 0 Å². The number of hydrogen-bond donors (Lipinski definition) is 0. The van der Waals surface area contributed by atoms with Crippen LogP contribution in [-0.4, -0.2) is 37.2 Å². The first-order chi connectivity index (χ1) is 41.0. The molecule has 1 unspecified atom stereocenters. The smallest absolute Gasteiger partial charge is 0.306 e. The molecular weight excluding hydrogens is 1020 g/mol. The van der Waals surface area contributed by atoms with Crippen molar-refractivity contribution in [2.75, 3.05) is 13.2 Å². The molecule has 6 nitrogen and oxygen atoms in total. The Kier molecular flexibility index (Phi) is 67.7. The molecule has 6 heteroatoms. The van der Waals surface area contributed by atoms with Gasteiger partial charge in [-0.05, 0) is 96.3 Å². The molecule has 0 aliphatic carbocycles. The Balaban J connectivity index is 4.29. The molecular formula is C77H134O6. The largest absolute Gasteiger partial charge is 0.462 e. The molecule has 0 bridgehead atoms. The number of carbonyl (C=O) groups is 3. The van der Waals surface area contributed by atoms with Crippen LogP contribution in [0.15, 0.2) is 97.2 Å². The molecule has 0 aliphatic rings. The Bertz CT molecular complexity index is 1610. The highest BCUT2D eigenvalue weighted by Crippen LogP contribution is 2.18. The van der Waals surface area contributed by atoms with Crippen LogP contribution in [0.4, 0.5) is 0 Å². The van der Waals surface area contributed by atoms with Crippen LogP contribution < -0.4 is 0 Å². The second-order valence-corrected chi connectivity index (χ2v) is 23.7. The quantitative estimate of drug-likeness (QED) is 0.0261. The van der Waals surface area contributed by atoms with Crippen molar-refractivity contribution < 1.29 is 28.6 Å². The van der Waals surface area contributed by atoms with E-state index in [9.17, 15) is 14.4 Å². The summed E-state index contributed by atoms with van der Waals surface area (Å²) in [5.74, 6) is -0.872. The molecule has 0 amide bonds. The topological polar surface area (TPSA) is 78.9 Å². The first-order valence-corrected chi connectivity index (χ1v) is 35.7. The van der Waals surface area contributed by atoms with Gasteiger partial charge in [-0.2, -0.15) is 0 Å². The van der Waals surface area contributed by atoms with E-state index < -0.39 is 6.10 Å². The highest BCUT2D eigenvalue weighted by Gasteiger charge is 2.19. The van der Waals surface area contributed by atoms with Crippen LogP contribution >= 0.6 is 0 Å². The molecule has 0 fully saturated rings. The summed E-state index contributed by atoms with van der Waals surface area (Å²) >= 11 is 0. The third-order valence-corrected chi connectivity index (χ3v) is 15.6. The molecule has 0 aliphatic heterocycles. The van der Waals surface area contributed by atoms with Crippen LogP contribution in [0.3, 0.4) is 0 Å². The minimum atomic E-state index is -0.785. The lowest BCUT2D eigenvalue weighted by Crippen LogP contribution is -2.30. The molecule has 478 valence electrons. The maximum Gasteiger partial charge on any atom is 0.306 e. The van der Waals surface area contributed by atoms with Crippen molar-refractivity contribution >= 4 is 17.9 Å². The highest BCUT2D eigenvalue weighted by molar-refractivity contribution is 5.71. The van der Waals surface area contributed by atoms with Gasteiger partial charge in [0.05, 0.1) is 0 Å². The summed E-state index contributed by atoms with van der Waals surface area (Å²) in [6.07, 6.45) is 95.8. The molecule has 0 aromatic rings. The fourth-order valence-corrected chi connectivity index (χ4v) is 10.3. The van der Waals surface area contributed by atoms with Gasteiger partial charge in [-0.25, -0.2) is 0 Å². The molecule has 0 N–H and O–H groups in total. The zero-order valence-corrected chi connectivity index (χ0v) is 54.9. The van der Waals surface area contributed by atoms with Crippen molar-refractivity contribution in [1.29, 1.82) is 0 Å². The predicted molar refractivity (Wildman–Crippen MR) is 362 cm³/mol. The van der Waals surface area contributed by atoms with Crippen LogP contribution in [0.1, 0.15) is 355 Å². The zero-order valence-electron chi connectivity index (χ0n) is 54.9. The van der Waals surface area contributed by atoms with Crippen molar-refractivity contribution in [2.45, 2.75) is 361 Å². The fourth-order valence-electron chi connectivity index (χ4n) is 10.3. The van der Waals surface area contributed by atoms with E-state index in [1.807, 2.05) is 0 Å².